The summed E-state index contributed by atoms with van der Waals surface area (Å²) < 4.78 is 25.8. The molecule has 2 aliphatic heterocycles. The number of piperidine rings is 2. The maximum absolute atomic E-state index is 14.1. The van der Waals surface area contributed by atoms with E-state index in [0.717, 1.165) is 39.3 Å². The molecule has 0 bridgehead atoms. The first-order valence-corrected chi connectivity index (χ1v) is 15.3. The van der Waals surface area contributed by atoms with Crippen LogP contribution in [0.1, 0.15) is 49.7 Å². The van der Waals surface area contributed by atoms with Crippen LogP contribution in [0.4, 0.5) is 15.8 Å². The molecule has 0 saturated carbocycles. The Balaban J connectivity index is 1.18. The highest BCUT2D eigenvalue weighted by Gasteiger charge is 2.12. The monoisotopic (exact) mass is 588 g/mol. The highest BCUT2D eigenvalue weighted by atomic mass is 19.1. The number of hydrogen-bond donors (Lipinski definition) is 2. The van der Waals surface area contributed by atoms with Crippen molar-refractivity contribution >= 4 is 23.8 Å². The van der Waals surface area contributed by atoms with Crippen LogP contribution >= 0.6 is 0 Å². The van der Waals surface area contributed by atoms with Crippen LogP contribution in [0.25, 0.3) is 0 Å². The maximum Gasteiger partial charge on any atom is 0.128 e. The summed E-state index contributed by atoms with van der Waals surface area (Å²) in [5.41, 5.74) is 1.66. The Morgan fingerprint density at radius 2 is 1.12 bits per heavy atom. The van der Waals surface area contributed by atoms with Gasteiger partial charge in [0.05, 0.1) is 11.4 Å². The van der Waals surface area contributed by atoms with Crippen LogP contribution in [0.5, 0.6) is 23.0 Å². The van der Waals surface area contributed by atoms with Crippen LogP contribution in [-0.4, -0.2) is 84.9 Å². The third-order valence-corrected chi connectivity index (χ3v) is 7.88. The highest BCUT2D eigenvalue weighted by Crippen LogP contribution is 2.31. The van der Waals surface area contributed by atoms with Gasteiger partial charge >= 0.3 is 0 Å². The van der Waals surface area contributed by atoms with Crippen LogP contribution in [0.2, 0.25) is 0 Å². The van der Waals surface area contributed by atoms with Gasteiger partial charge in [0.2, 0.25) is 0 Å². The number of hydrogen-bond acceptors (Lipinski definition) is 8. The largest absolute Gasteiger partial charge is 0.507 e. The third-order valence-electron chi connectivity index (χ3n) is 7.88. The number of nitrogens with zero attached hydrogens (tertiary/aromatic N) is 4. The third kappa shape index (κ3) is 9.27. The second-order valence-corrected chi connectivity index (χ2v) is 11.1. The van der Waals surface area contributed by atoms with E-state index >= 15 is 0 Å². The molecule has 0 aromatic heterocycles. The summed E-state index contributed by atoms with van der Waals surface area (Å²) in [6.07, 6.45) is 10.5. The Morgan fingerprint density at radius 3 is 1.60 bits per heavy atom. The smallest absolute Gasteiger partial charge is 0.128 e. The molecule has 0 atom stereocenters. The van der Waals surface area contributed by atoms with E-state index in [1.807, 2.05) is 0 Å². The number of phenols is 2. The maximum atomic E-state index is 14.1. The molecule has 0 unspecified atom stereocenters. The fourth-order valence-electron chi connectivity index (χ4n) is 5.38. The molecule has 3 aromatic rings. The predicted molar refractivity (Wildman–Crippen MR) is 169 cm³/mol. The van der Waals surface area contributed by atoms with E-state index in [-0.39, 0.29) is 17.2 Å². The van der Waals surface area contributed by atoms with Gasteiger partial charge in [0.25, 0.3) is 0 Å². The summed E-state index contributed by atoms with van der Waals surface area (Å²) in [5, 5.41) is 21.1. The molecule has 43 heavy (non-hydrogen) atoms. The Morgan fingerprint density at radius 1 is 0.628 bits per heavy atom. The van der Waals surface area contributed by atoms with Gasteiger partial charge < -0.3 is 19.7 Å². The first-order chi connectivity index (χ1) is 21.0. The minimum Gasteiger partial charge on any atom is -0.507 e. The molecule has 9 heteroatoms. The van der Waals surface area contributed by atoms with Gasteiger partial charge in [-0.25, -0.2) is 4.39 Å². The number of halogens is 1. The lowest BCUT2D eigenvalue weighted by Gasteiger charge is -2.26. The Labute approximate surface area is 253 Å². The van der Waals surface area contributed by atoms with Gasteiger partial charge in [-0.3, -0.25) is 19.8 Å². The summed E-state index contributed by atoms with van der Waals surface area (Å²) in [6.45, 7) is 7.29. The number of aromatic hydroxyl groups is 2. The van der Waals surface area contributed by atoms with Gasteiger partial charge in [0.15, 0.2) is 0 Å². The molecule has 2 fully saturated rings. The molecule has 8 nitrogen and oxygen atoms in total. The zero-order valence-corrected chi connectivity index (χ0v) is 24.6. The minimum absolute atomic E-state index is 0.0174. The summed E-state index contributed by atoms with van der Waals surface area (Å²) in [4.78, 5) is 13.6. The lowest BCUT2D eigenvalue weighted by Crippen LogP contribution is -2.33. The average molecular weight is 589 g/mol. The quantitative estimate of drug-likeness (QED) is 0.236. The van der Waals surface area contributed by atoms with E-state index < -0.39 is 5.82 Å². The number of likely N-dealkylation sites (tertiary alicyclic amines) is 2. The SMILES string of the molecule is Oc1cc(OCCN2CCCCC2)ccc1C=Nc1ccc(F)cc1N=Cc1ccc(OCCN2CCCCC2)cc1O. The number of phenolic OH excluding ortho intramolecular Hbond substituents is 2. The molecular weight excluding hydrogens is 547 g/mol. The molecule has 0 spiro atoms. The van der Waals surface area contributed by atoms with Gasteiger partial charge in [-0.1, -0.05) is 12.8 Å². The van der Waals surface area contributed by atoms with Crippen molar-refractivity contribution in [2.75, 3.05) is 52.5 Å². The van der Waals surface area contributed by atoms with Crippen molar-refractivity contribution in [1.82, 2.24) is 9.80 Å². The van der Waals surface area contributed by atoms with E-state index in [4.69, 9.17) is 9.47 Å². The van der Waals surface area contributed by atoms with Crippen LogP contribution < -0.4 is 9.47 Å². The highest BCUT2D eigenvalue weighted by molar-refractivity contribution is 5.89. The first-order valence-electron chi connectivity index (χ1n) is 15.3. The van der Waals surface area contributed by atoms with E-state index in [1.165, 1.54) is 69.2 Å². The number of aliphatic imine (C=N–C) groups is 2. The van der Waals surface area contributed by atoms with Crippen molar-refractivity contribution < 1.29 is 24.1 Å². The normalized spacial score (nSPS) is 16.7. The van der Waals surface area contributed by atoms with Crippen molar-refractivity contribution in [3.8, 4) is 23.0 Å². The predicted octanol–water partition coefficient (Wildman–Crippen LogP) is 6.47. The van der Waals surface area contributed by atoms with Crippen LogP contribution in [0.3, 0.4) is 0 Å². The van der Waals surface area contributed by atoms with E-state index in [9.17, 15) is 14.6 Å². The minimum atomic E-state index is -0.457. The number of ether oxygens (including phenoxy) is 2. The fraction of sp³-hybridized carbons (Fsp3) is 0.412. The molecule has 0 aliphatic carbocycles. The Kier molecular flexibility index (Phi) is 11.0. The molecule has 0 amide bonds. The molecule has 3 aromatic carbocycles. The fourth-order valence-corrected chi connectivity index (χ4v) is 5.38. The molecule has 2 heterocycles. The number of rotatable bonds is 12. The first kappa shape index (κ1) is 30.5. The molecule has 228 valence electrons. The Hall–Kier alpha value is -3.95. The van der Waals surface area contributed by atoms with Crippen molar-refractivity contribution in [2.24, 2.45) is 9.98 Å². The van der Waals surface area contributed by atoms with E-state index in [1.54, 1.807) is 36.4 Å². The second kappa shape index (κ2) is 15.5. The summed E-state index contributed by atoms with van der Waals surface area (Å²) >= 11 is 0. The lowest BCUT2D eigenvalue weighted by atomic mass is 10.1. The van der Waals surface area contributed by atoms with Crippen molar-refractivity contribution in [1.29, 1.82) is 0 Å². The van der Waals surface area contributed by atoms with Gasteiger partial charge in [0.1, 0.15) is 42.0 Å². The zero-order chi connectivity index (χ0) is 29.9. The summed E-state index contributed by atoms with van der Waals surface area (Å²) in [7, 11) is 0. The molecule has 2 N–H and O–H groups in total. The zero-order valence-electron chi connectivity index (χ0n) is 24.6. The summed E-state index contributed by atoms with van der Waals surface area (Å²) in [6, 6.07) is 14.3. The van der Waals surface area contributed by atoms with Crippen LogP contribution in [-0.2, 0) is 0 Å². The average Bonchev–Trinajstić information content (AvgIpc) is 3.02. The van der Waals surface area contributed by atoms with E-state index in [2.05, 4.69) is 19.8 Å². The molecule has 2 aliphatic rings. The van der Waals surface area contributed by atoms with Gasteiger partial charge in [-0.15, -0.1) is 0 Å². The molecule has 2 saturated heterocycles. The van der Waals surface area contributed by atoms with Crippen molar-refractivity contribution in [2.45, 2.75) is 38.5 Å². The van der Waals surface area contributed by atoms with Crippen molar-refractivity contribution in [3.05, 3.63) is 71.5 Å². The molecule has 0 radical (unpaired) electrons. The van der Waals surface area contributed by atoms with Gasteiger partial charge in [0, 0.05) is 54.8 Å². The number of benzene rings is 3. The summed E-state index contributed by atoms with van der Waals surface area (Å²) in [5.74, 6) is 0.776. The topological polar surface area (TPSA) is 90.1 Å². The van der Waals surface area contributed by atoms with Gasteiger partial charge in [-0.05, 0) is 88.3 Å². The van der Waals surface area contributed by atoms with E-state index in [0.29, 0.717) is 41.5 Å². The van der Waals surface area contributed by atoms with Crippen LogP contribution in [0, 0.1) is 5.82 Å². The Bertz CT molecular complexity index is 1400. The van der Waals surface area contributed by atoms with Gasteiger partial charge in [-0.2, -0.15) is 0 Å². The second-order valence-electron chi connectivity index (χ2n) is 11.1. The molecule has 5 rings (SSSR count). The lowest BCUT2D eigenvalue weighted by molar-refractivity contribution is 0.183. The standard InChI is InChI=1S/C34H41FN4O4/c35-28-9-12-31(36-24-26-7-10-29(22-33(26)40)42-19-17-38-13-3-1-4-14-38)32(21-28)37-25-27-8-11-30(23-34(27)41)43-20-18-39-15-5-2-6-16-39/h7-12,21-25,40-41H,1-6,13-20H2. The molecular formula is C34H41FN4O4. The van der Waals surface area contributed by atoms with Crippen molar-refractivity contribution in [3.63, 3.8) is 0 Å². The van der Waals surface area contributed by atoms with Crippen LogP contribution in [0.15, 0.2) is 64.6 Å².